The number of nitrogens with zero attached hydrogens (tertiary/aromatic N) is 2. The third-order valence-corrected chi connectivity index (χ3v) is 7.21. The number of benzene rings is 2. The fourth-order valence-electron chi connectivity index (χ4n) is 3.50. The summed E-state index contributed by atoms with van der Waals surface area (Å²) in [6, 6.07) is 10.6. The topological polar surface area (TPSA) is 110 Å². The molecule has 0 aliphatic carbocycles. The Labute approximate surface area is 176 Å². The van der Waals surface area contributed by atoms with E-state index in [9.17, 15) is 23.3 Å². The molecule has 2 aromatic rings. The van der Waals surface area contributed by atoms with Crippen molar-refractivity contribution >= 4 is 27.3 Å². The number of nitro benzene ring substituents is 1. The van der Waals surface area contributed by atoms with Crippen LogP contribution < -0.4 is 5.32 Å². The molecule has 1 aliphatic rings. The zero-order chi connectivity index (χ0) is 21.7. The molecule has 1 amide bonds. The molecule has 0 radical (unpaired) electrons. The predicted octanol–water partition coefficient (Wildman–Crippen LogP) is 3.65. The summed E-state index contributed by atoms with van der Waals surface area (Å²) in [7, 11) is -3.63. The number of nitrogens with one attached hydrogen (secondary N) is 1. The molecule has 9 heteroatoms. The Hall–Kier alpha value is -2.78. The lowest BCUT2D eigenvalue weighted by molar-refractivity contribution is -0.384. The number of sulfonamides is 1. The van der Waals surface area contributed by atoms with Crippen LogP contribution in [0.4, 0.5) is 11.4 Å². The molecule has 1 N–H and O–H groups in total. The number of carbonyl (C=O) groups excluding carboxylic acids is 1. The lowest BCUT2D eigenvalue weighted by atomic mass is 10.1. The highest BCUT2D eigenvalue weighted by atomic mass is 32.2. The monoisotopic (exact) mass is 431 g/mol. The van der Waals surface area contributed by atoms with Crippen molar-refractivity contribution in [3.8, 4) is 0 Å². The van der Waals surface area contributed by atoms with Crippen LogP contribution in [0.2, 0.25) is 0 Å². The molecule has 2 aromatic carbocycles. The van der Waals surface area contributed by atoms with Crippen LogP contribution >= 0.6 is 0 Å². The second-order valence-corrected chi connectivity index (χ2v) is 9.35. The molecule has 0 bridgehead atoms. The summed E-state index contributed by atoms with van der Waals surface area (Å²) in [5.74, 6) is -0.328. The summed E-state index contributed by atoms with van der Waals surface area (Å²) in [6.07, 6.45) is 3.79. The number of anilines is 1. The van der Waals surface area contributed by atoms with Crippen LogP contribution in [-0.4, -0.2) is 36.6 Å². The van der Waals surface area contributed by atoms with Crippen molar-refractivity contribution in [3.05, 3.63) is 63.7 Å². The summed E-state index contributed by atoms with van der Waals surface area (Å²) in [5.41, 5.74) is 1.62. The molecule has 30 heavy (non-hydrogen) atoms. The smallest absolute Gasteiger partial charge is 0.269 e. The molecule has 8 nitrogen and oxygen atoms in total. The minimum absolute atomic E-state index is 0.0279. The third-order valence-electron chi connectivity index (χ3n) is 5.17. The summed E-state index contributed by atoms with van der Waals surface area (Å²) < 4.78 is 27.8. The molecule has 1 aliphatic heterocycles. The van der Waals surface area contributed by atoms with Crippen LogP contribution in [0, 0.1) is 17.0 Å². The maximum atomic E-state index is 13.1. The largest absolute Gasteiger partial charge is 0.326 e. The molecular weight excluding hydrogens is 406 g/mol. The van der Waals surface area contributed by atoms with Gasteiger partial charge in [-0.3, -0.25) is 14.9 Å². The highest BCUT2D eigenvalue weighted by molar-refractivity contribution is 7.89. The second-order valence-electron chi connectivity index (χ2n) is 7.45. The average molecular weight is 432 g/mol. The number of nitro groups is 1. The highest BCUT2D eigenvalue weighted by Gasteiger charge is 2.27. The van der Waals surface area contributed by atoms with Gasteiger partial charge < -0.3 is 5.32 Å². The molecule has 0 saturated carbocycles. The first-order chi connectivity index (χ1) is 14.3. The zero-order valence-corrected chi connectivity index (χ0v) is 17.7. The molecule has 1 heterocycles. The maximum Gasteiger partial charge on any atom is 0.269 e. The number of hydrogen-bond acceptors (Lipinski definition) is 5. The van der Waals surface area contributed by atoms with E-state index in [1.165, 1.54) is 34.6 Å². The van der Waals surface area contributed by atoms with Gasteiger partial charge in [0.05, 0.1) is 16.2 Å². The minimum atomic E-state index is -3.63. The number of rotatable bonds is 6. The van der Waals surface area contributed by atoms with Gasteiger partial charge in [0, 0.05) is 30.9 Å². The highest BCUT2D eigenvalue weighted by Crippen LogP contribution is 2.26. The van der Waals surface area contributed by atoms with E-state index < -0.39 is 14.9 Å². The molecule has 0 atom stereocenters. The molecule has 1 saturated heterocycles. The van der Waals surface area contributed by atoms with E-state index in [0.29, 0.717) is 29.9 Å². The molecule has 3 rings (SSSR count). The van der Waals surface area contributed by atoms with E-state index in [1.807, 2.05) is 0 Å². The van der Waals surface area contributed by atoms with Crippen LogP contribution in [-0.2, 0) is 21.2 Å². The van der Waals surface area contributed by atoms with Gasteiger partial charge in [0.25, 0.3) is 5.69 Å². The second kappa shape index (κ2) is 9.36. The van der Waals surface area contributed by atoms with Gasteiger partial charge in [-0.1, -0.05) is 31.0 Å². The Bertz CT molecular complexity index is 1030. The third kappa shape index (κ3) is 5.22. The van der Waals surface area contributed by atoms with Gasteiger partial charge in [-0.2, -0.15) is 4.31 Å². The first kappa shape index (κ1) is 21.9. The zero-order valence-electron chi connectivity index (χ0n) is 16.8. The fraction of sp³-hybridized carbons (Fsp3) is 0.381. The Morgan fingerprint density at radius 1 is 1.07 bits per heavy atom. The summed E-state index contributed by atoms with van der Waals surface area (Å²) in [5, 5.41) is 13.5. The standard InChI is InChI=1S/C21H25N3O5S/c1-16-6-9-18(15-20(16)30(28,29)23-12-4-2-3-5-13-23)22-21(25)14-17-7-10-19(11-8-17)24(26)27/h6-11,15H,2-5,12-14H2,1H3,(H,22,25). The number of amides is 1. The quantitative estimate of drug-likeness (QED) is 0.555. The maximum absolute atomic E-state index is 13.1. The van der Waals surface area contributed by atoms with E-state index in [-0.39, 0.29) is 22.9 Å². The van der Waals surface area contributed by atoms with Gasteiger partial charge in [0.1, 0.15) is 0 Å². The van der Waals surface area contributed by atoms with E-state index in [1.54, 1.807) is 19.1 Å². The van der Waals surface area contributed by atoms with Crippen molar-refractivity contribution in [1.29, 1.82) is 0 Å². The number of carbonyl (C=O) groups is 1. The van der Waals surface area contributed by atoms with Crippen LogP contribution in [0.25, 0.3) is 0 Å². The van der Waals surface area contributed by atoms with Gasteiger partial charge in [-0.25, -0.2) is 8.42 Å². The van der Waals surface area contributed by atoms with E-state index in [0.717, 1.165) is 25.7 Å². The van der Waals surface area contributed by atoms with Gasteiger partial charge in [0.15, 0.2) is 0 Å². The average Bonchev–Trinajstić information content (AvgIpc) is 3.00. The van der Waals surface area contributed by atoms with Gasteiger partial charge in [-0.05, 0) is 43.0 Å². The van der Waals surface area contributed by atoms with Gasteiger partial charge in [-0.15, -0.1) is 0 Å². The summed E-state index contributed by atoms with van der Waals surface area (Å²) in [6.45, 7) is 2.77. The Morgan fingerprint density at radius 2 is 1.70 bits per heavy atom. The van der Waals surface area contributed by atoms with Crippen molar-refractivity contribution in [2.75, 3.05) is 18.4 Å². The first-order valence-corrected chi connectivity index (χ1v) is 11.4. The Kier molecular flexibility index (Phi) is 6.84. The van der Waals surface area contributed by atoms with Gasteiger partial charge >= 0.3 is 0 Å². The van der Waals surface area contributed by atoms with Crippen molar-refractivity contribution < 1.29 is 18.1 Å². The predicted molar refractivity (Wildman–Crippen MR) is 114 cm³/mol. The molecule has 0 unspecified atom stereocenters. The molecule has 0 spiro atoms. The lowest BCUT2D eigenvalue weighted by Crippen LogP contribution is -2.32. The molecular formula is C21H25N3O5S. The Morgan fingerprint density at radius 3 is 2.30 bits per heavy atom. The first-order valence-electron chi connectivity index (χ1n) is 9.91. The lowest BCUT2D eigenvalue weighted by Gasteiger charge is -2.21. The summed E-state index contributed by atoms with van der Waals surface area (Å²) in [4.78, 5) is 22.8. The van der Waals surface area contributed by atoms with Crippen molar-refractivity contribution in [2.45, 2.75) is 43.9 Å². The summed E-state index contributed by atoms with van der Waals surface area (Å²) >= 11 is 0. The minimum Gasteiger partial charge on any atom is -0.326 e. The van der Waals surface area contributed by atoms with Gasteiger partial charge in [0.2, 0.25) is 15.9 Å². The molecule has 160 valence electrons. The number of non-ortho nitro benzene ring substituents is 1. The SMILES string of the molecule is Cc1ccc(NC(=O)Cc2ccc([N+](=O)[O-])cc2)cc1S(=O)(=O)N1CCCCCC1. The van der Waals surface area contributed by atoms with Crippen LogP contribution in [0.3, 0.4) is 0 Å². The molecule has 0 aromatic heterocycles. The van der Waals surface area contributed by atoms with Crippen LogP contribution in [0.5, 0.6) is 0 Å². The van der Waals surface area contributed by atoms with E-state index in [2.05, 4.69) is 5.32 Å². The van der Waals surface area contributed by atoms with E-state index >= 15 is 0 Å². The number of hydrogen-bond donors (Lipinski definition) is 1. The van der Waals surface area contributed by atoms with Crippen molar-refractivity contribution in [1.82, 2.24) is 4.31 Å². The van der Waals surface area contributed by atoms with Crippen LogP contribution in [0.15, 0.2) is 47.4 Å². The van der Waals surface area contributed by atoms with Crippen molar-refractivity contribution in [2.24, 2.45) is 0 Å². The van der Waals surface area contributed by atoms with Crippen molar-refractivity contribution in [3.63, 3.8) is 0 Å². The molecule has 1 fully saturated rings. The normalized spacial score (nSPS) is 15.4. The van der Waals surface area contributed by atoms with Crippen LogP contribution in [0.1, 0.15) is 36.8 Å². The number of aryl methyl sites for hydroxylation is 1. The fourth-order valence-corrected chi connectivity index (χ4v) is 5.27. The Balaban J connectivity index is 1.74. The van der Waals surface area contributed by atoms with E-state index in [4.69, 9.17) is 0 Å².